The van der Waals surface area contributed by atoms with Gasteiger partial charge in [-0.1, -0.05) is 165 Å². The minimum absolute atomic E-state index is 0.0384. The van der Waals surface area contributed by atoms with Crippen molar-refractivity contribution in [2.24, 2.45) is 0 Å². The lowest BCUT2D eigenvalue weighted by Crippen LogP contribution is -2.55. The SMILES string of the molecule is CC/C=C/C/C=C/C/C=C/C/C=C/CCCCCCCCCC(=O)OCC(COCCC(C(=O)[O-])[N+](C)(C)C)OC(=O)CCCCCCCCCCCCCC. The van der Waals surface area contributed by atoms with Crippen molar-refractivity contribution in [3.05, 3.63) is 48.6 Å². The molecule has 0 fully saturated rings. The summed E-state index contributed by atoms with van der Waals surface area (Å²) in [5.74, 6) is -1.75. The Labute approximate surface area is 344 Å². The maximum atomic E-state index is 12.7. The predicted octanol–water partition coefficient (Wildman–Crippen LogP) is 11.1. The van der Waals surface area contributed by atoms with Crippen LogP contribution in [0.3, 0.4) is 0 Å². The lowest BCUT2D eigenvalue weighted by atomic mass is 10.0. The lowest BCUT2D eigenvalue weighted by molar-refractivity contribution is -0.889. The molecule has 0 aliphatic heterocycles. The molecule has 2 atom stereocenters. The molecule has 0 aromatic heterocycles. The molecule has 0 saturated heterocycles. The van der Waals surface area contributed by atoms with Crippen LogP contribution < -0.4 is 5.11 Å². The number of allylic oxidation sites excluding steroid dienone is 8. The third-order valence-corrected chi connectivity index (χ3v) is 9.98. The standard InChI is InChI=1S/C48H85NO7/c1-6-8-10-12-14-16-18-20-21-22-23-24-25-26-27-29-30-32-34-36-38-46(50)55-43-44(42-54-41-40-45(48(52)53)49(3,4)5)56-47(51)39-37-35-33-31-28-19-17-15-13-11-9-7-2/h8,10,14,16,20-21,23-24,44-45H,6-7,9,11-13,15,17-19,22,25-43H2,1-5H3/b10-8+,16-14+,21-20+,24-23+. The molecular weight excluding hydrogens is 703 g/mol. The second kappa shape index (κ2) is 39.1. The first-order chi connectivity index (χ1) is 27.1. The van der Waals surface area contributed by atoms with Crippen molar-refractivity contribution in [2.45, 2.75) is 199 Å². The van der Waals surface area contributed by atoms with Crippen LogP contribution in [-0.2, 0) is 28.6 Å². The summed E-state index contributed by atoms with van der Waals surface area (Å²) in [7, 11) is 5.40. The molecular formula is C48H85NO7. The second-order valence-corrected chi connectivity index (χ2v) is 16.3. The van der Waals surface area contributed by atoms with E-state index in [0.29, 0.717) is 12.8 Å². The Kier molecular flexibility index (Phi) is 37.2. The Morgan fingerprint density at radius 1 is 0.554 bits per heavy atom. The molecule has 0 amide bonds. The zero-order valence-corrected chi connectivity index (χ0v) is 36.8. The van der Waals surface area contributed by atoms with Gasteiger partial charge in [0.25, 0.3) is 0 Å². The molecule has 0 aromatic carbocycles. The maximum Gasteiger partial charge on any atom is 0.306 e. The number of hydrogen-bond acceptors (Lipinski definition) is 7. The number of carboxylic acid groups (broad SMARTS) is 1. The zero-order chi connectivity index (χ0) is 41.4. The van der Waals surface area contributed by atoms with Gasteiger partial charge in [0.05, 0.1) is 40.3 Å². The van der Waals surface area contributed by atoms with Crippen LogP contribution in [0.5, 0.6) is 0 Å². The Balaban J connectivity index is 4.30. The van der Waals surface area contributed by atoms with Gasteiger partial charge in [0.2, 0.25) is 0 Å². The highest BCUT2D eigenvalue weighted by atomic mass is 16.6. The van der Waals surface area contributed by atoms with E-state index in [9.17, 15) is 19.5 Å². The second-order valence-electron chi connectivity index (χ2n) is 16.3. The summed E-state index contributed by atoms with van der Waals surface area (Å²) < 4.78 is 17.2. The number of carbonyl (C=O) groups is 3. The van der Waals surface area contributed by atoms with Crippen LogP contribution in [0.25, 0.3) is 0 Å². The van der Waals surface area contributed by atoms with Crippen molar-refractivity contribution in [3.8, 4) is 0 Å². The van der Waals surface area contributed by atoms with E-state index >= 15 is 0 Å². The Morgan fingerprint density at radius 2 is 1.00 bits per heavy atom. The molecule has 0 N–H and O–H groups in total. The normalized spacial score (nSPS) is 13.4. The number of esters is 2. The Bertz CT molecular complexity index is 1060. The number of likely N-dealkylation sites (N-methyl/N-ethyl adjacent to an activating group) is 1. The average molecular weight is 788 g/mol. The molecule has 0 aliphatic rings. The molecule has 0 radical (unpaired) electrons. The first-order valence-corrected chi connectivity index (χ1v) is 22.7. The van der Waals surface area contributed by atoms with E-state index < -0.39 is 18.1 Å². The van der Waals surface area contributed by atoms with Gasteiger partial charge < -0.3 is 28.6 Å². The van der Waals surface area contributed by atoms with Crippen LogP contribution in [0.2, 0.25) is 0 Å². The average Bonchev–Trinajstić information content (AvgIpc) is 3.15. The van der Waals surface area contributed by atoms with Crippen molar-refractivity contribution < 1.29 is 38.2 Å². The predicted molar refractivity (Wildman–Crippen MR) is 231 cm³/mol. The topological polar surface area (TPSA) is 102 Å². The van der Waals surface area contributed by atoms with Crippen LogP contribution >= 0.6 is 0 Å². The molecule has 0 aliphatic carbocycles. The minimum Gasteiger partial charge on any atom is -0.544 e. The van der Waals surface area contributed by atoms with E-state index in [1.807, 2.05) is 0 Å². The summed E-state index contributed by atoms with van der Waals surface area (Å²) in [6, 6.07) is -0.726. The van der Waals surface area contributed by atoms with Gasteiger partial charge in [-0.2, -0.15) is 0 Å². The monoisotopic (exact) mass is 788 g/mol. The number of nitrogens with zero attached hydrogens (tertiary/aromatic N) is 1. The van der Waals surface area contributed by atoms with E-state index in [4.69, 9.17) is 14.2 Å². The molecule has 0 aromatic rings. The summed E-state index contributed by atoms with van der Waals surface area (Å²) in [6.07, 6.45) is 45.6. The summed E-state index contributed by atoms with van der Waals surface area (Å²) in [6.45, 7) is 4.54. The number of ether oxygens (including phenoxy) is 3. The highest BCUT2D eigenvalue weighted by Gasteiger charge is 2.25. The molecule has 0 rings (SSSR count). The molecule has 56 heavy (non-hydrogen) atoms. The number of carbonyl (C=O) groups excluding carboxylic acids is 3. The fraction of sp³-hybridized carbons (Fsp3) is 0.771. The number of aliphatic carboxylic acids is 1. The molecule has 0 spiro atoms. The lowest BCUT2D eigenvalue weighted by Gasteiger charge is -2.34. The van der Waals surface area contributed by atoms with Gasteiger partial charge in [0.1, 0.15) is 12.6 Å². The van der Waals surface area contributed by atoms with Crippen molar-refractivity contribution >= 4 is 17.9 Å². The molecule has 2 unspecified atom stereocenters. The van der Waals surface area contributed by atoms with Crippen molar-refractivity contribution in [2.75, 3.05) is 41.0 Å². The van der Waals surface area contributed by atoms with Gasteiger partial charge in [0, 0.05) is 19.3 Å². The molecule has 8 heteroatoms. The first-order valence-electron chi connectivity index (χ1n) is 22.7. The van der Waals surface area contributed by atoms with E-state index in [1.165, 1.54) is 83.5 Å². The van der Waals surface area contributed by atoms with E-state index in [0.717, 1.165) is 70.6 Å². The fourth-order valence-electron chi connectivity index (χ4n) is 6.47. The maximum absolute atomic E-state index is 12.7. The van der Waals surface area contributed by atoms with Crippen LogP contribution in [-0.4, -0.2) is 75.5 Å². The quantitative estimate of drug-likeness (QED) is 0.0264. The third-order valence-electron chi connectivity index (χ3n) is 9.98. The number of carboxylic acids is 1. The fourth-order valence-corrected chi connectivity index (χ4v) is 6.47. The first kappa shape index (κ1) is 53.3. The van der Waals surface area contributed by atoms with Crippen LogP contribution in [0.15, 0.2) is 48.6 Å². The zero-order valence-electron chi connectivity index (χ0n) is 36.8. The van der Waals surface area contributed by atoms with E-state index in [2.05, 4.69) is 62.5 Å². The summed E-state index contributed by atoms with van der Waals surface area (Å²) in [4.78, 5) is 36.8. The molecule has 0 saturated carbocycles. The summed E-state index contributed by atoms with van der Waals surface area (Å²) >= 11 is 0. The smallest absolute Gasteiger partial charge is 0.306 e. The van der Waals surface area contributed by atoms with Crippen LogP contribution in [0.4, 0.5) is 0 Å². The van der Waals surface area contributed by atoms with E-state index in [-0.39, 0.29) is 42.7 Å². The number of unbranched alkanes of at least 4 members (excludes halogenated alkanes) is 18. The van der Waals surface area contributed by atoms with Gasteiger partial charge in [-0.05, 0) is 51.4 Å². The number of hydrogen-bond donors (Lipinski definition) is 0. The Morgan fingerprint density at radius 3 is 1.48 bits per heavy atom. The summed E-state index contributed by atoms with van der Waals surface area (Å²) in [5, 5.41) is 11.6. The van der Waals surface area contributed by atoms with Gasteiger partial charge in [0.15, 0.2) is 6.10 Å². The minimum atomic E-state index is -1.13. The van der Waals surface area contributed by atoms with E-state index in [1.54, 1.807) is 21.1 Å². The molecule has 8 nitrogen and oxygen atoms in total. The highest BCUT2D eigenvalue weighted by molar-refractivity contribution is 5.70. The summed E-state index contributed by atoms with van der Waals surface area (Å²) in [5.41, 5.74) is 0. The molecule has 0 bridgehead atoms. The number of rotatable bonds is 40. The van der Waals surface area contributed by atoms with Crippen LogP contribution in [0.1, 0.15) is 187 Å². The van der Waals surface area contributed by atoms with Crippen molar-refractivity contribution in [3.63, 3.8) is 0 Å². The van der Waals surface area contributed by atoms with Crippen molar-refractivity contribution in [1.29, 1.82) is 0 Å². The third kappa shape index (κ3) is 36.9. The van der Waals surface area contributed by atoms with Crippen molar-refractivity contribution in [1.82, 2.24) is 0 Å². The van der Waals surface area contributed by atoms with Gasteiger partial charge in [-0.25, -0.2) is 0 Å². The Hall–Kier alpha value is -2.71. The van der Waals surface area contributed by atoms with Gasteiger partial charge >= 0.3 is 11.9 Å². The largest absolute Gasteiger partial charge is 0.544 e. The number of quaternary nitrogens is 1. The van der Waals surface area contributed by atoms with Gasteiger partial charge in [-0.15, -0.1) is 0 Å². The molecule has 324 valence electrons. The highest BCUT2D eigenvalue weighted by Crippen LogP contribution is 2.14. The molecule has 0 heterocycles. The van der Waals surface area contributed by atoms with Gasteiger partial charge in [-0.3, -0.25) is 9.59 Å². The van der Waals surface area contributed by atoms with Crippen LogP contribution in [0, 0.1) is 0 Å².